The Kier molecular flexibility index (Phi) is 2.57. The zero-order chi connectivity index (χ0) is 11.1. The Bertz CT molecular complexity index is 367. The van der Waals surface area contributed by atoms with Gasteiger partial charge in [-0.3, -0.25) is 0 Å². The van der Waals surface area contributed by atoms with Gasteiger partial charge in [0.25, 0.3) is 0 Å². The van der Waals surface area contributed by atoms with Gasteiger partial charge in [0.15, 0.2) is 0 Å². The largest absolute Gasteiger partial charge is 0.383 e. The first-order chi connectivity index (χ1) is 7.00. The van der Waals surface area contributed by atoms with Crippen LogP contribution < -0.4 is 0 Å². The molecule has 0 aromatic heterocycles. The highest BCUT2D eigenvalue weighted by atomic mass is 16.5. The highest BCUT2D eigenvalue weighted by molar-refractivity contribution is 5.38. The topological polar surface area (TPSA) is 29.5 Å². The van der Waals surface area contributed by atoms with E-state index in [4.69, 9.17) is 4.74 Å². The molecule has 1 N–H and O–H groups in total. The Morgan fingerprint density at radius 3 is 2.80 bits per heavy atom. The van der Waals surface area contributed by atoms with Crippen LogP contribution in [0, 0.1) is 0 Å². The fraction of sp³-hybridized carbons (Fsp3) is 0.538. The minimum Gasteiger partial charge on any atom is -0.383 e. The molecule has 0 amide bonds. The molecule has 15 heavy (non-hydrogen) atoms. The predicted octanol–water partition coefficient (Wildman–Crippen LogP) is 2.55. The Morgan fingerprint density at radius 1 is 1.40 bits per heavy atom. The second-order valence-electron chi connectivity index (χ2n) is 4.84. The summed E-state index contributed by atoms with van der Waals surface area (Å²) in [5, 5.41) is 10.2. The second-order valence-corrected chi connectivity index (χ2v) is 4.84. The summed E-state index contributed by atoms with van der Waals surface area (Å²) < 4.78 is 5.36. The second kappa shape index (κ2) is 3.62. The molecule has 2 nitrogen and oxygen atoms in total. The van der Waals surface area contributed by atoms with Crippen LogP contribution in [0.2, 0.25) is 0 Å². The SMILES string of the molecule is CC(C)c1ccc2c(c1)C(C)(O)COC2. The van der Waals surface area contributed by atoms with Gasteiger partial charge in [0.05, 0.1) is 13.2 Å². The summed E-state index contributed by atoms with van der Waals surface area (Å²) in [7, 11) is 0. The lowest BCUT2D eigenvalue weighted by atomic mass is 9.87. The zero-order valence-electron chi connectivity index (χ0n) is 9.58. The van der Waals surface area contributed by atoms with E-state index >= 15 is 0 Å². The molecule has 0 saturated carbocycles. The number of benzene rings is 1. The number of fused-ring (bicyclic) bond motifs is 1. The van der Waals surface area contributed by atoms with Crippen LogP contribution in [0.3, 0.4) is 0 Å². The fourth-order valence-corrected chi connectivity index (χ4v) is 2.02. The van der Waals surface area contributed by atoms with Crippen LogP contribution in [-0.2, 0) is 16.9 Å². The average molecular weight is 206 g/mol. The molecule has 1 unspecified atom stereocenters. The summed E-state index contributed by atoms with van der Waals surface area (Å²) in [5.74, 6) is 0.494. The van der Waals surface area contributed by atoms with Crippen molar-refractivity contribution in [2.45, 2.75) is 38.9 Å². The van der Waals surface area contributed by atoms with Crippen molar-refractivity contribution in [1.29, 1.82) is 0 Å². The summed E-state index contributed by atoms with van der Waals surface area (Å²) in [6.45, 7) is 7.14. The van der Waals surface area contributed by atoms with Crippen molar-refractivity contribution < 1.29 is 9.84 Å². The normalized spacial score (nSPS) is 25.4. The predicted molar refractivity (Wildman–Crippen MR) is 59.8 cm³/mol. The van der Waals surface area contributed by atoms with E-state index in [2.05, 4.69) is 32.0 Å². The number of hydrogen-bond acceptors (Lipinski definition) is 2. The molecule has 0 bridgehead atoms. The lowest BCUT2D eigenvalue weighted by Crippen LogP contribution is -2.33. The third-order valence-electron chi connectivity index (χ3n) is 3.02. The third-order valence-corrected chi connectivity index (χ3v) is 3.02. The minimum absolute atomic E-state index is 0.390. The standard InChI is InChI=1S/C13H18O2/c1-9(2)10-4-5-11-7-15-8-13(3,14)12(11)6-10/h4-6,9,14H,7-8H2,1-3H3. The van der Waals surface area contributed by atoms with E-state index in [1.165, 1.54) is 5.56 Å². The van der Waals surface area contributed by atoms with Crippen LogP contribution in [0.25, 0.3) is 0 Å². The molecule has 2 rings (SSSR count). The van der Waals surface area contributed by atoms with Crippen molar-refractivity contribution in [2.24, 2.45) is 0 Å². The summed E-state index contributed by atoms with van der Waals surface area (Å²) in [4.78, 5) is 0. The van der Waals surface area contributed by atoms with E-state index < -0.39 is 5.60 Å². The molecule has 0 saturated heterocycles. The number of hydrogen-bond donors (Lipinski definition) is 1. The van der Waals surface area contributed by atoms with Crippen molar-refractivity contribution in [1.82, 2.24) is 0 Å². The van der Waals surface area contributed by atoms with Crippen LogP contribution in [0.1, 0.15) is 43.4 Å². The lowest BCUT2D eigenvalue weighted by molar-refractivity contribution is -0.0603. The molecule has 1 aromatic rings. The Labute approximate surface area is 90.9 Å². The number of rotatable bonds is 1. The fourth-order valence-electron chi connectivity index (χ4n) is 2.02. The van der Waals surface area contributed by atoms with Gasteiger partial charge in [-0.25, -0.2) is 0 Å². The highest BCUT2D eigenvalue weighted by Gasteiger charge is 2.30. The number of aliphatic hydroxyl groups is 1. The van der Waals surface area contributed by atoms with Crippen LogP contribution >= 0.6 is 0 Å². The maximum absolute atomic E-state index is 10.2. The first kappa shape index (κ1) is 10.7. The van der Waals surface area contributed by atoms with Crippen molar-refractivity contribution in [2.75, 3.05) is 6.61 Å². The molecule has 1 atom stereocenters. The molecule has 0 spiro atoms. The molecular weight excluding hydrogens is 188 g/mol. The number of ether oxygens (including phenoxy) is 1. The highest BCUT2D eigenvalue weighted by Crippen LogP contribution is 2.32. The molecule has 1 aliphatic heterocycles. The quantitative estimate of drug-likeness (QED) is 0.765. The van der Waals surface area contributed by atoms with E-state index in [1.807, 2.05) is 6.92 Å². The first-order valence-corrected chi connectivity index (χ1v) is 5.44. The van der Waals surface area contributed by atoms with Gasteiger partial charge < -0.3 is 9.84 Å². The lowest BCUT2D eigenvalue weighted by Gasteiger charge is -2.31. The summed E-state index contributed by atoms with van der Waals surface area (Å²) >= 11 is 0. The molecule has 1 aliphatic rings. The van der Waals surface area contributed by atoms with Gasteiger partial charge in [-0.2, -0.15) is 0 Å². The molecule has 0 aliphatic carbocycles. The summed E-state index contributed by atoms with van der Waals surface area (Å²) in [6.07, 6.45) is 0. The van der Waals surface area contributed by atoms with Gasteiger partial charge in [0, 0.05) is 0 Å². The van der Waals surface area contributed by atoms with Crippen molar-refractivity contribution in [3.05, 3.63) is 34.9 Å². The Morgan fingerprint density at radius 2 is 2.13 bits per heavy atom. The minimum atomic E-state index is -0.835. The van der Waals surface area contributed by atoms with Gasteiger partial charge in [-0.15, -0.1) is 0 Å². The van der Waals surface area contributed by atoms with Crippen LogP contribution in [0.15, 0.2) is 18.2 Å². The molecule has 0 radical (unpaired) electrons. The molecule has 82 valence electrons. The van der Waals surface area contributed by atoms with Gasteiger partial charge in [-0.05, 0) is 29.5 Å². The average Bonchev–Trinajstić information content (AvgIpc) is 2.17. The first-order valence-electron chi connectivity index (χ1n) is 5.44. The molecule has 0 fully saturated rings. The van der Waals surface area contributed by atoms with Crippen molar-refractivity contribution in [3.63, 3.8) is 0 Å². The van der Waals surface area contributed by atoms with Crippen LogP contribution in [0.4, 0.5) is 0 Å². The Balaban J connectivity index is 2.49. The van der Waals surface area contributed by atoms with Gasteiger partial charge >= 0.3 is 0 Å². The monoisotopic (exact) mass is 206 g/mol. The smallest absolute Gasteiger partial charge is 0.110 e. The van der Waals surface area contributed by atoms with E-state index in [9.17, 15) is 5.11 Å². The zero-order valence-corrected chi connectivity index (χ0v) is 9.58. The van der Waals surface area contributed by atoms with Gasteiger partial charge in [-0.1, -0.05) is 32.0 Å². The van der Waals surface area contributed by atoms with E-state index in [0.29, 0.717) is 19.1 Å². The Hall–Kier alpha value is -0.860. The molecule has 1 aromatic carbocycles. The molecule has 1 heterocycles. The van der Waals surface area contributed by atoms with Gasteiger partial charge in [0.2, 0.25) is 0 Å². The maximum Gasteiger partial charge on any atom is 0.110 e. The van der Waals surface area contributed by atoms with Gasteiger partial charge in [0.1, 0.15) is 5.60 Å². The summed E-state index contributed by atoms with van der Waals surface area (Å²) in [6, 6.07) is 6.30. The van der Waals surface area contributed by atoms with Crippen molar-refractivity contribution >= 4 is 0 Å². The molecule has 2 heteroatoms. The molecular formula is C13H18O2. The third kappa shape index (κ3) is 1.92. The van der Waals surface area contributed by atoms with Crippen molar-refractivity contribution in [3.8, 4) is 0 Å². The van der Waals surface area contributed by atoms with E-state index in [1.54, 1.807) is 0 Å². The van der Waals surface area contributed by atoms with Crippen LogP contribution in [0.5, 0.6) is 0 Å². The van der Waals surface area contributed by atoms with E-state index in [-0.39, 0.29) is 0 Å². The van der Waals surface area contributed by atoms with Crippen LogP contribution in [-0.4, -0.2) is 11.7 Å². The summed E-state index contributed by atoms with van der Waals surface area (Å²) in [5.41, 5.74) is 2.57. The van der Waals surface area contributed by atoms with E-state index in [0.717, 1.165) is 11.1 Å². The maximum atomic E-state index is 10.2.